The summed E-state index contributed by atoms with van der Waals surface area (Å²) in [4.78, 5) is 34.5. The number of benzene rings is 1. The molecule has 1 aromatic rings. The number of Topliss-reactive ketones (excluding diaryl/α,β-unsaturated/α-hetero) is 1. The highest BCUT2D eigenvalue weighted by Gasteiger charge is 2.29. The summed E-state index contributed by atoms with van der Waals surface area (Å²) >= 11 is 0. The van der Waals surface area contributed by atoms with E-state index in [1.54, 1.807) is 14.0 Å². The lowest BCUT2D eigenvalue weighted by Gasteiger charge is -2.05. The van der Waals surface area contributed by atoms with Gasteiger partial charge in [0.1, 0.15) is 6.54 Å². The normalized spacial score (nSPS) is 14.4. The maximum absolute atomic E-state index is 10.7. The van der Waals surface area contributed by atoms with Crippen LogP contribution in [-0.2, 0) is 4.79 Å². The fourth-order valence-electron chi connectivity index (χ4n) is 1.41. The lowest BCUT2D eigenvalue weighted by Crippen LogP contribution is -2.27. The van der Waals surface area contributed by atoms with Crippen LogP contribution in [0, 0.1) is 0 Å². The molecule has 1 aromatic carbocycles. The van der Waals surface area contributed by atoms with Crippen molar-refractivity contribution in [3.63, 3.8) is 0 Å². The zero-order valence-corrected chi connectivity index (χ0v) is 10.7. The number of ketones is 1. The third-order valence-electron chi connectivity index (χ3n) is 2.54. The second-order valence-corrected chi connectivity index (χ2v) is 4.01. The van der Waals surface area contributed by atoms with Crippen molar-refractivity contribution < 1.29 is 14.4 Å². The first kappa shape index (κ1) is 13.9. The van der Waals surface area contributed by atoms with Crippen LogP contribution in [0.15, 0.2) is 30.3 Å². The monoisotopic (exact) mass is 248 g/mol. The van der Waals surface area contributed by atoms with E-state index in [1.807, 2.05) is 30.3 Å². The van der Waals surface area contributed by atoms with E-state index in [4.69, 9.17) is 0 Å². The Morgan fingerprint density at radius 3 is 1.89 bits per heavy atom. The second kappa shape index (κ2) is 5.95. The minimum absolute atomic E-state index is 0.121. The highest BCUT2D eigenvalue weighted by molar-refractivity contribution is 6.01. The van der Waals surface area contributed by atoms with Gasteiger partial charge in [-0.3, -0.25) is 14.5 Å². The molecule has 0 aromatic heterocycles. The number of nitrogens with zero attached hydrogens (tertiary/aromatic N) is 2. The first-order valence-electron chi connectivity index (χ1n) is 5.51. The largest absolute Gasteiger partial charge is 0.326 e. The Balaban J connectivity index is 0.000000180. The van der Waals surface area contributed by atoms with Gasteiger partial charge in [0.15, 0.2) is 5.78 Å². The van der Waals surface area contributed by atoms with Gasteiger partial charge in [-0.15, -0.1) is 0 Å². The third-order valence-corrected chi connectivity index (χ3v) is 2.54. The van der Waals surface area contributed by atoms with Crippen molar-refractivity contribution in [3.05, 3.63) is 35.9 Å². The highest BCUT2D eigenvalue weighted by Crippen LogP contribution is 2.03. The van der Waals surface area contributed by atoms with Crippen LogP contribution in [0.3, 0.4) is 0 Å². The topological polar surface area (TPSA) is 57.7 Å². The van der Waals surface area contributed by atoms with Crippen molar-refractivity contribution in [2.45, 2.75) is 6.92 Å². The molecule has 1 aliphatic rings. The average Bonchev–Trinajstić information content (AvgIpc) is 2.58. The van der Waals surface area contributed by atoms with Crippen molar-refractivity contribution in [1.82, 2.24) is 9.80 Å². The van der Waals surface area contributed by atoms with Gasteiger partial charge in [-0.05, 0) is 6.92 Å². The predicted molar refractivity (Wildman–Crippen MR) is 67.2 cm³/mol. The zero-order chi connectivity index (χ0) is 13.7. The summed E-state index contributed by atoms with van der Waals surface area (Å²) in [6, 6.07) is 9.00. The quantitative estimate of drug-likeness (QED) is 0.557. The molecule has 0 aliphatic carbocycles. The van der Waals surface area contributed by atoms with Gasteiger partial charge in [0, 0.05) is 19.7 Å². The van der Waals surface area contributed by atoms with Gasteiger partial charge in [0.25, 0.3) is 0 Å². The van der Waals surface area contributed by atoms with E-state index in [2.05, 4.69) is 0 Å². The third kappa shape index (κ3) is 3.41. The summed E-state index contributed by atoms with van der Waals surface area (Å²) < 4.78 is 0. The van der Waals surface area contributed by atoms with Gasteiger partial charge in [0.2, 0.25) is 5.91 Å². The molecule has 5 nitrogen and oxygen atoms in total. The van der Waals surface area contributed by atoms with Gasteiger partial charge in [-0.2, -0.15) is 0 Å². The lowest BCUT2D eigenvalue weighted by molar-refractivity contribution is -0.124. The summed E-state index contributed by atoms with van der Waals surface area (Å²) in [5.74, 6) is -0.0156. The summed E-state index contributed by atoms with van der Waals surface area (Å²) in [6.07, 6.45) is 0. The number of urea groups is 1. The molecule has 0 saturated carbocycles. The molecule has 96 valence electrons. The van der Waals surface area contributed by atoms with Crippen LogP contribution >= 0.6 is 0 Å². The fraction of sp³-hybridized carbons (Fsp3) is 0.308. The number of hydrogen-bond donors (Lipinski definition) is 0. The SMILES string of the molecule is CC(=O)c1ccccc1.CN1CC(=O)N(C)C1=O. The molecule has 0 radical (unpaired) electrons. The predicted octanol–water partition coefficient (Wildman–Crippen LogP) is 1.40. The summed E-state index contributed by atoms with van der Waals surface area (Å²) in [5.41, 5.74) is 0.775. The minimum Gasteiger partial charge on any atom is -0.318 e. The van der Waals surface area contributed by atoms with Crippen LogP contribution in [0.4, 0.5) is 4.79 Å². The number of hydrogen-bond acceptors (Lipinski definition) is 3. The van der Waals surface area contributed by atoms with Crippen molar-refractivity contribution in [3.8, 4) is 0 Å². The van der Waals surface area contributed by atoms with E-state index in [1.165, 1.54) is 11.9 Å². The van der Waals surface area contributed by atoms with E-state index >= 15 is 0 Å². The van der Waals surface area contributed by atoms with Crippen LogP contribution in [0.1, 0.15) is 17.3 Å². The molecule has 5 heteroatoms. The number of imide groups is 1. The molecule has 1 saturated heterocycles. The number of carbonyl (C=O) groups is 3. The molecule has 18 heavy (non-hydrogen) atoms. The number of rotatable bonds is 1. The molecule has 1 heterocycles. The van der Waals surface area contributed by atoms with Crippen molar-refractivity contribution >= 4 is 17.7 Å². The van der Waals surface area contributed by atoms with Crippen LogP contribution in [0.2, 0.25) is 0 Å². The maximum Gasteiger partial charge on any atom is 0.326 e. The first-order chi connectivity index (χ1) is 8.43. The van der Waals surface area contributed by atoms with Gasteiger partial charge in [-0.1, -0.05) is 30.3 Å². The Hall–Kier alpha value is -2.17. The lowest BCUT2D eigenvalue weighted by atomic mass is 10.2. The number of likely N-dealkylation sites (N-methyl/N-ethyl adjacent to an activating group) is 2. The van der Waals surface area contributed by atoms with Crippen LogP contribution in [0.5, 0.6) is 0 Å². The van der Waals surface area contributed by atoms with Gasteiger partial charge in [0.05, 0.1) is 0 Å². The Kier molecular flexibility index (Phi) is 4.59. The number of carbonyl (C=O) groups excluding carboxylic acids is 3. The highest BCUT2D eigenvalue weighted by atomic mass is 16.2. The van der Waals surface area contributed by atoms with Gasteiger partial charge >= 0.3 is 6.03 Å². The molecule has 1 aliphatic heterocycles. The average molecular weight is 248 g/mol. The second-order valence-electron chi connectivity index (χ2n) is 4.01. The Bertz CT molecular complexity index is 457. The summed E-state index contributed by atoms with van der Waals surface area (Å²) in [5, 5.41) is 0. The standard InChI is InChI=1S/C8H8O.C5H8N2O2/c1-7(9)8-5-3-2-4-6-8;1-6-3-4(8)7(2)5(6)9/h2-6H,1H3;3H2,1-2H3. The Morgan fingerprint density at radius 2 is 1.67 bits per heavy atom. The van der Waals surface area contributed by atoms with Crippen LogP contribution < -0.4 is 0 Å². The molecule has 2 rings (SSSR count). The van der Waals surface area contributed by atoms with E-state index < -0.39 is 0 Å². The molecule has 0 N–H and O–H groups in total. The van der Waals surface area contributed by atoms with Crippen LogP contribution in [0.25, 0.3) is 0 Å². The molecule has 0 unspecified atom stereocenters. The minimum atomic E-state index is -0.222. The van der Waals surface area contributed by atoms with Gasteiger partial charge in [-0.25, -0.2) is 4.79 Å². The van der Waals surface area contributed by atoms with E-state index in [-0.39, 0.29) is 24.3 Å². The molecule has 3 amide bonds. The van der Waals surface area contributed by atoms with Crippen LogP contribution in [-0.4, -0.2) is 48.2 Å². The summed E-state index contributed by atoms with van der Waals surface area (Å²) in [7, 11) is 3.08. The number of amides is 3. The first-order valence-corrected chi connectivity index (χ1v) is 5.51. The summed E-state index contributed by atoms with van der Waals surface area (Å²) in [6.45, 7) is 1.78. The van der Waals surface area contributed by atoms with Crippen molar-refractivity contribution in [1.29, 1.82) is 0 Å². The fourth-order valence-corrected chi connectivity index (χ4v) is 1.41. The molecule has 0 spiro atoms. The van der Waals surface area contributed by atoms with Crippen molar-refractivity contribution in [2.24, 2.45) is 0 Å². The Morgan fingerprint density at radius 1 is 1.11 bits per heavy atom. The molecular formula is C13H16N2O3. The zero-order valence-electron chi connectivity index (χ0n) is 10.7. The smallest absolute Gasteiger partial charge is 0.318 e. The molecule has 0 atom stereocenters. The molecule has 0 bridgehead atoms. The van der Waals surface area contributed by atoms with E-state index in [0.29, 0.717) is 0 Å². The molecule has 1 fully saturated rings. The van der Waals surface area contributed by atoms with Crippen molar-refractivity contribution in [2.75, 3.05) is 20.6 Å². The maximum atomic E-state index is 10.7. The van der Waals surface area contributed by atoms with Gasteiger partial charge < -0.3 is 4.90 Å². The molecular weight excluding hydrogens is 232 g/mol. The van der Waals surface area contributed by atoms with E-state index in [0.717, 1.165) is 10.5 Å². The van der Waals surface area contributed by atoms with E-state index in [9.17, 15) is 14.4 Å². The Labute approximate surface area is 106 Å².